The Hall–Kier alpha value is -0.870. The molecule has 1 saturated heterocycles. The lowest BCUT2D eigenvalue weighted by Gasteiger charge is -2.23. The lowest BCUT2D eigenvalue weighted by atomic mass is 9.83. The van der Waals surface area contributed by atoms with Crippen molar-refractivity contribution in [3.8, 4) is 0 Å². The number of aliphatic hydroxyl groups excluding tert-OH is 1. The number of aryl methyl sites for hydroxylation is 1. The molecule has 2 rings (SSSR count). The Labute approximate surface area is 89.9 Å². The fourth-order valence-corrected chi connectivity index (χ4v) is 2.07. The highest BCUT2D eigenvalue weighted by molar-refractivity contribution is 5.08. The predicted molar refractivity (Wildman–Crippen MR) is 56.6 cm³/mol. The van der Waals surface area contributed by atoms with E-state index in [-0.39, 0.29) is 12.0 Å². The molecule has 0 amide bonds. The summed E-state index contributed by atoms with van der Waals surface area (Å²) in [6, 6.07) is 0. The monoisotopic (exact) mass is 210 g/mol. The molecule has 15 heavy (non-hydrogen) atoms. The highest BCUT2D eigenvalue weighted by Gasteiger charge is 2.34. The largest absolute Gasteiger partial charge is 0.396 e. The molecule has 4 heteroatoms. The second-order valence-corrected chi connectivity index (χ2v) is 4.34. The maximum absolute atomic E-state index is 9.43. The van der Waals surface area contributed by atoms with Crippen LogP contribution in [0.15, 0.2) is 12.4 Å². The van der Waals surface area contributed by atoms with Gasteiger partial charge in [-0.2, -0.15) is 5.10 Å². The first-order valence-corrected chi connectivity index (χ1v) is 5.48. The van der Waals surface area contributed by atoms with Crippen molar-refractivity contribution >= 4 is 0 Å². The molecule has 2 heterocycles. The van der Waals surface area contributed by atoms with Gasteiger partial charge in [0.15, 0.2) is 0 Å². The van der Waals surface area contributed by atoms with Crippen LogP contribution in [-0.4, -0.2) is 34.7 Å². The minimum Gasteiger partial charge on any atom is -0.396 e. The van der Waals surface area contributed by atoms with Gasteiger partial charge in [0.1, 0.15) is 0 Å². The smallest absolute Gasteiger partial charge is 0.0548 e. The average molecular weight is 210 g/mol. The maximum Gasteiger partial charge on any atom is 0.0548 e. The molecule has 0 saturated carbocycles. The van der Waals surface area contributed by atoms with Crippen molar-refractivity contribution in [2.24, 2.45) is 5.41 Å². The van der Waals surface area contributed by atoms with E-state index in [0.717, 1.165) is 26.0 Å². The fraction of sp³-hybridized carbons (Fsp3) is 0.727. The van der Waals surface area contributed by atoms with E-state index >= 15 is 0 Å². The number of ether oxygens (including phenoxy) is 1. The molecule has 1 aliphatic heterocycles. The third-order valence-electron chi connectivity index (χ3n) is 3.11. The van der Waals surface area contributed by atoms with Gasteiger partial charge in [0.05, 0.1) is 19.4 Å². The zero-order chi connectivity index (χ0) is 10.7. The summed E-state index contributed by atoms with van der Waals surface area (Å²) in [7, 11) is 0. The van der Waals surface area contributed by atoms with Crippen LogP contribution in [0.1, 0.15) is 18.9 Å². The fourth-order valence-electron chi connectivity index (χ4n) is 2.07. The van der Waals surface area contributed by atoms with E-state index in [0.29, 0.717) is 6.61 Å². The van der Waals surface area contributed by atoms with Crippen LogP contribution < -0.4 is 0 Å². The van der Waals surface area contributed by atoms with Crippen LogP contribution in [-0.2, 0) is 17.7 Å². The van der Waals surface area contributed by atoms with E-state index in [2.05, 4.69) is 18.2 Å². The number of aliphatic hydroxyl groups is 1. The van der Waals surface area contributed by atoms with Crippen molar-refractivity contribution in [1.82, 2.24) is 9.78 Å². The van der Waals surface area contributed by atoms with Crippen molar-refractivity contribution in [2.45, 2.75) is 26.3 Å². The SMILES string of the molecule is CCn1cc(CC2(CO)CCOC2)cn1. The number of hydrogen-bond acceptors (Lipinski definition) is 3. The molecular weight excluding hydrogens is 192 g/mol. The number of nitrogens with zero attached hydrogens (tertiary/aromatic N) is 2. The molecule has 1 unspecified atom stereocenters. The quantitative estimate of drug-likeness (QED) is 0.801. The lowest BCUT2D eigenvalue weighted by Crippen LogP contribution is -2.28. The summed E-state index contributed by atoms with van der Waals surface area (Å²) in [4.78, 5) is 0. The molecule has 0 bridgehead atoms. The number of hydrogen-bond donors (Lipinski definition) is 1. The Morgan fingerprint density at radius 3 is 3.07 bits per heavy atom. The highest BCUT2D eigenvalue weighted by atomic mass is 16.5. The molecule has 0 radical (unpaired) electrons. The summed E-state index contributed by atoms with van der Waals surface area (Å²) < 4.78 is 7.28. The van der Waals surface area contributed by atoms with Crippen LogP contribution in [0.25, 0.3) is 0 Å². The minimum atomic E-state index is -0.0679. The normalized spacial score (nSPS) is 26.0. The second kappa shape index (κ2) is 4.33. The molecule has 1 fully saturated rings. The summed E-state index contributed by atoms with van der Waals surface area (Å²) >= 11 is 0. The Bertz CT molecular complexity index is 316. The summed E-state index contributed by atoms with van der Waals surface area (Å²) in [5, 5.41) is 13.7. The molecule has 1 aliphatic rings. The Balaban J connectivity index is 2.05. The molecule has 1 aromatic rings. The molecule has 4 nitrogen and oxygen atoms in total. The van der Waals surface area contributed by atoms with Gasteiger partial charge in [-0.3, -0.25) is 4.68 Å². The van der Waals surface area contributed by atoms with Crippen molar-refractivity contribution in [2.75, 3.05) is 19.8 Å². The molecule has 1 N–H and O–H groups in total. The number of aromatic nitrogens is 2. The van der Waals surface area contributed by atoms with Gasteiger partial charge in [-0.25, -0.2) is 0 Å². The number of rotatable bonds is 4. The van der Waals surface area contributed by atoms with E-state index in [1.807, 2.05) is 10.9 Å². The third-order valence-corrected chi connectivity index (χ3v) is 3.11. The van der Waals surface area contributed by atoms with Gasteiger partial charge >= 0.3 is 0 Å². The first-order chi connectivity index (χ1) is 7.28. The van der Waals surface area contributed by atoms with Gasteiger partial charge in [0, 0.05) is 24.8 Å². The molecule has 0 aromatic carbocycles. The zero-order valence-corrected chi connectivity index (χ0v) is 9.15. The topological polar surface area (TPSA) is 47.3 Å². The molecular formula is C11H18N2O2. The summed E-state index contributed by atoms with van der Waals surface area (Å²) in [5.74, 6) is 0. The second-order valence-electron chi connectivity index (χ2n) is 4.34. The van der Waals surface area contributed by atoms with Crippen LogP contribution in [0, 0.1) is 5.41 Å². The zero-order valence-electron chi connectivity index (χ0n) is 9.15. The van der Waals surface area contributed by atoms with E-state index in [9.17, 15) is 5.11 Å². The van der Waals surface area contributed by atoms with Crippen LogP contribution >= 0.6 is 0 Å². The van der Waals surface area contributed by atoms with Gasteiger partial charge in [-0.1, -0.05) is 0 Å². The maximum atomic E-state index is 9.43. The van der Waals surface area contributed by atoms with Crippen molar-refractivity contribution < 1.29 is 9.84 Å². The molecule has 84 valence electrons. The van der Waals surface area contributed by atoms with E-state index in [1.165, 1.54) is 5.56 Å². The summed E-state index contributed by atoms with van der Waals surface area (Å²) in [6.45, 7) is 4.59. The van der Waals surface area contributed by atoms with Crippen LogP contribution in [0.4, 0.5) is 0 Å². The van der Waals surface area contributed by atoms with E-state index in [1.54, 1.807) is 0 Å². The van der Waals surface area contributed by atoms with Crippen molar-refractivity contribution in [1.29, 1.82) is 0 Å². The summed E-state index contributed by atoms with van der Waals surface area (Å²) in [6.07, 6.45) is 5.75. The standard InChI is InChI=1S/C11H18N2O2/c1-2-13-7-10(6-12-13)5-11(8-14)3-4-15-9-11/h6-7,14H,2-5,8-9H2,1H3. The molecule has 0 spiro atoms. The van der Waals surface area contributed by atoms with Gasteiger partial charge in [0.25, 0.3) is 0 Å². The third kappa shape index (κ3) is 2.21. The van der Waals surface area contributed by atoms with Gasteiger partial charge < -0.3 is 9.84 Å². The van der Waals surface area contributed by atoms with Crippen molar-refractivity contribution in [3.05, 3.63) is 18.0 Å². The van der Waals surface area contributed by atoms with E-state index in [4.69, 9.17) is 4.74 Å². The Morgan fingerprint density at radius 1 is 1.67 bits per heavy atom. The van der Waals surface area contributed by atoms with Gasteiger partial charge in [0.2, 0.25) is 0 Å². The van der Waals surface area contributed by atoms with Crippen LogP contribution in [0.3, 0.4) is 0 Å². The lowest BCUT2D eigenvalue weighted by molar-refractivity contribution is 0.0935. The predicted octanol–water partition coefficient (Wildman–Crippen LogP) is 0.844. The summed E-state index contributed by atoms with van der Waals surface area (Å²) in [5.41, 5.74) is 1.12. The Kier molecular flexibility index (Phi) is 3.07. The van der Waals surface area contributed by atoms with Gasteiger partial charge in [-0.15, -0.1) is 0 Å². The highest BCUT2D eigenvalue weighted by Crippen LogP contribution is 2.31. The minimum absolute atomic E-state index is 0.0679. The van der Waals surface area contributed by atoms with Crippen molar-refractivity contribution in [3.63, 3.8) is 0 Å². The van der Waals surface area contributed by atoms with Crippen LogP contribution in [0.5, 0.6) is 0 Å². The first kappa shape index (κ1) is 10.6. The van der Waals surface area contributed by atoms with E-state index < -0.39 is 0 Å². The molecule has 1 atom stereocenters. The average Bonchev–Trinajstić information content (AvgIpc) is 2.88. The van der Waals surface area contributed by atoms with Gasteiger partial charge in [-0.05, 0) is 25.3 Å². The van der Waals surface area contributed by atoms with Crippen LogP contribution in [0.2, 0.25) is 0 Å². The Morgan fingerprint density at radius 2 is 2.53 bits per heavy atom. The molecule has 1 aromatic heterocycles. The molecule has 0 aliphatic carbocycles. The first-order valence-electron chi connectivity index (χ1n) is 5.48.